The highest BCUT2D eigenvalue weighted by molar-refractivity contribution is 7.93. The molecule has 0 atom stereocenters. The molecule has 1 aliphatic rings. The molecule has 1 saturated carbocycles. The second-order valence-corrected chi connectivity index (χ2v) is 11.0. The largest absolute Gasteiger partial charge is 0.417 e. The molecule has 0 spiro atoms. The van der Waals surface area contributed by atoms with Crippen molar-refractivity contribution in [2.24, 2.45) is 0 Å². The van der Waals surface area contributed by atoms with Gasteiger partial charge in [-0.15, -0.1) is 0 Å². The van der Waals surface area contributed by atoms with E-state index in [1.165, 1.54) is 18.2 Å². The summed E-state index contributed by atoms with van der Waals surface area (Å²) in [5.41, 5.74) is -0.306. The Morgan fingerprint density at radius 2 is 1.51 bits per heavy atom. The molecule has 2 aromatic carbocycles. The van der Waals surface area contributed by atoms with Crippen LogP contribution in [0.3, 0.4) is 0 Å². The summed E-state index contributed by atoms with van der Waals surface area (Å²) in [7, 11) is -3.47. The van der Waals surface area contributed by atoms with E-state index >= 15 is 0 Å². The molecule has 1 fully saturated rings. The summed E-state index contributed by atoms with van der Waals surface area (Å²) in [6, 6.07) is 11.2. The smallest absolute Gasteiger partial charge is 0.382 e. The number of hydrogen-bond acceptors (Lipinski definition) is 5. The van der Waals surface area contributed by atoms with Crippen molar-refractivity contribution in [2.75, 3.05) is 10.0 Å². The number of hydrogen-bond donors (Lipinski definition) is 3. The summed E-state index contributed by atoms with van der Waals surface area (Å²) >= 11 is 0. The molecule has 3 rings (SSSR count). The van der Waals surface area contributed by atoms with E-state index < -0.39 is 32.6 Å². The summed E-state index contributed by atoms with van der Waals surface area (Å²) in [4.78, 5) is 12.6. The summed E-state index contributed by atoms with van der Waals surface area (Å²) in [6.45, 7) is 3.14. The lowest BCUT2D eigenvalue weighted by molar-refractivity contribution is -0.137. The van der Waals surface area contributed by atoms with Crippen LogP contribution < -0.4 is 15.4 Å². The third kappa shape index (κ3) is 8.76. The molecule has 204 valence electrons. The Morgan fingerprint density at radius 1 is 0.973 bits per heavy atom. The van der Waals surface area contributed by atoms with Crippen LogP contribution in [0.15, 0.2) is 42.5 Å². The number of nitriles is 1. The number of benzene rings is 2. The van der Waals surface area contributed by atoms with Crippen LogP contribution >= 0.6 is 27.0 Å². The minimum absolute atomic E-state index is 0. The van der Waals surface area contributed by atoms with Crippen molar-refractivity contribution in [3.63, 3.8) is 0 Å². The zero-order valence-electron chi connectivity index (χ0n) is 20.3. The van der Waals surface area contributed by atoms with Gasteiger partial charge in [0.2, 0.25) is 10.0 Å². The number of carbonyl (C=O) groups is 1. The topological polar surface area (TPSA) is 111 Å². The van der Waals surface area contributed by atoms with Crippen LogP contribution in [-0.2, 0) is 16.2 Å². The minimum atomic E-state index is -4.61. The van der Waals surface area contributed by atoms with Gasteiger partial charge in [0, 0.05) is 29.0 Å². The van der Waals surface area contributed by atoms with Crippen molar-refractivity contribution in [1.82, 2.24) is 5.32 Å². The van der Waals surface area contributed by atoms with Crippen LogP contribution in [0.4, 0.5) is 24.5 Å². The fourth-order valence-electron chi connectivity index (χ4n) is 3.82. The highest BCUT2D eigenvalue weighted by atomic mass is 32.2. The van der Waals surface area contributed by atoms with Crippen LogP contribution in [0.2, 0.25) is 0 Å². The van der Waals surface area contributed by atoms with Crippen LogP contribution in [0.25, 0.3) is 0 Å². The fourth-order valence-corrected chi connectivity index (χ4v) is 4.52. The lowest BCUT2D eigenvalue weighted by atomic mass is 9.90. The molecular weight excluding hydrogens is 545 g/mol. The first-order valence-electron chi connectivity index (χ1n) is 11.2. The molecule has 0 radical (unpaired) electrons. The van der Waals surface area contributed by atoms with Crippen molar-refractivity contribution >= 4 is 54.3 Å². The van der Waals surface area contributed by atoms with E-state index in [4.69, 9.17) is 5.26 Å². The summed E-state index contributed by atoms with van der Waals surface area (Å²) in [6.07, 6.45) is -2.00. The molecule has 1 amide bonds. The Bertz CT molecular complexity index is 1210. The number of amides is 1. The van der Waals surface area contributed by atoms with Gasteiger partial charge in [0.05, 0.1) is 22.4 Å². The van der Waals surface area contributed by atoms with Crippen molar-refractivity contribution in [3.05, 3.63) is 59.2 Å². The molecule has 13 heteroatoms. The number of anilines is 2. The predicted molar refractivity (Wildman–Crippen MR) is 148 cm³/mol. The second kappa shape index (κ2) is 13.3. The van der Waals surface area contributed by atoms with E-state index in [1.54, 1.807) is 32.0 Å². The molecule has 7 nitrogen and oxygen atoms in total. The number of sulfonamides is 1. The van der Waals surface area contributed by atoms with E-state index in [0.29, 0.717) is 42.6 Å². The van der Waals surface area contributed by atoms with Crippen molar-refractivity contribution < 1.29 is 26.4 Å². The summed E-state index contributed by atoms with van der Waals surface area (Å²) in [5.74, 6) is -0.276. The zero-order chi connectivity index (χ0) is 25.8. The molecule has 1 aliphatic carbocycles. The van der Waals surface area contributed by atoms with Gasteiger partial charge in [0.25, 0.3) is 5.91 Å². The monoisotopic (exact) mass is 576 g/mol. The summed E-state index contributed by atoms with van der Waals surface area (Å²) in [5, 5.41) is 14.4. The van der Waals surface area contributed by atoms with E-state index in [-0.39, 0.29) is 45.0 Å². The quantitative estimate of drug-likeness (QED) is 0.425. The number of alkyl halides is 3. The van der Waals surface area contributed by atoms with E-state index in [9.17, 15) is 26.4 Å². The zero-order valence-corrected chi connectivity index (χ0v) is 23.1. The van der Waals surface area contributed by atoms with Crippen molar-refractivity contribution in [3.8, 4) is 6.07 Å². The lowest BCUT2D eigenvalue weighted by Gasteiger charge is -2.30. The van der Waals surface area contributed by atoms with Gasteiger partial charge in [0.1, 0.15) is 0 Å². The normalized spacial score (nSPS) is 17.5. The van der Waals surface area contributed by atoms with Crippen LogP contribution in [0.1, 0.15) is 61.0 Å². The van der Waals surface area contributed by atoms with Gasteiger partial charge in [-0.25, -0.2) is 8.42 Å². The fraction of sp³-hybridized carbons (Fsp3) is 0.417. The first-order chi connectivity index (χ1) is 16.4. The molecule has 0 unspecified atom stereocenters. The van der Waals surface area contributed by atoms with Crippen LogP contribution in [0.5, 0.6) is 0 Å². The highest BCUT2D eigenvalue weighted by Crippen LogP contribution is 2.34. The van der Waals surface area contributed by atoms with Gasteiger partial charge in [-0.05, 0) is 82.0 Å². The first kappa shape index (κ1) is 32.5. The van der Waals surface area contributed by atoms with Gasteiger partial charge in [0.15, 0.2) is 0 Å². The maximum atomic E-state index is 13.2. The molecule has 0 saturated heterocycles. The Morgan fingerprint density at radius 3 is 2.03 bits per heavy atom. The van der Waals surface area contributed by atoms with Gasteiger partial charge >= 0.3 is 6.18 Å². The number of nitrogens with one attached hydrogen (secondary N) is 3. The molecule has 37 heavy (non-hydrogen) atoms. The van der Waals surface area contributed by atoms with Crippen molar-refractivity contribution in [1.29, 1.82) is 5.26 Å². The second-order valence-electron chi connectivity index (χ2n) is 8.81. The Labute approximate surface area is 229 Å². The molecule has 0 heterocycles. The van der Waals surface area contributed by atoms with Crippen molar-refractivity contribution in [2.45, 2.75) is 63.0 Å². The van der Waals surface area contributed by atoms with E-state index in [0.717, 1.165) is 12.1 Å². The standard InChI is InChI=1S/C24H27F3N4O3S.2H2S/c1-15(2)35(33,34)31-20-6-3-16(4-7-20)23(32)30-19-11-9-18(10-12-19)29-21-8-5-17(14-28)22(13-21)24(25,26)27;;/h3-8,13,15,18-19,29,31H,9-12H2,1-2H3,(H,30,32);2*1H2. The van der Waals surface area contributed by atoms with Gasteiger partial charge in [-0.3, -0.25) is 9.52 Å². The Kier molecular flexibility index (Phi) is 11.7. The summed E-state index contributed by atoms with van der Waals surface area (Å²) < 4.78 is 65.9. The number of nitrogens with zero attached hydrogens (tertiary/aromatic N) is 1. The SMILES string of the molecule is CC(C)S(=O)(=O)Nc1ccc(C(=O)NC2CCC(Nc3ccc(C#N)c(C(F)(F)F)c3)CC2)cc1.S.S. The number of carbonyl (C=O) groups excluding carboxylic acids is 1. The molecule has 0 aliphatic heterocycles. The number of halogens is 3. The van der Waals surface area contributed by atoms with Gasteiger partial charge < -0.3 is 10.6 Å². The average molecular weight is 577 g/mol. The van der Waals surface area contributed by atoms with E-state index in [1.807, 2.05) is 0 Å². The molecule has 3 N–H and O–H groups in total. The maximum Gasteiger partial charge on any atom is 0.417 e. The lowest BCUT2D eigenvalue weighted by Crippen LogP contribution is -2.40. The van der Waals surface area contributed by atoms with Crippen LogP contribution in [-0.4, -0.2) is 31.7 Å². The van der Waals surface area contributed by atoms with E-state index in [2.05, 4.69) is 15.4 Å². The maximum absolute atomic E-state index is 13.2. The Balaban J connectivity index is 0.00000342. The predicted octanol–water partition coefficient (Wildman–Crippen LogP) is 5.11. The third-order valence-electron chi connectivity index (χ3n) is 5.91. The van der Waals surface area contributed by atoms with Gasteiger partial charge in [-0.2, -0.15) is 45.4 Å². The van der Waals surface area contributed by atoms with Crippen LogP contribution in [0, 0.1) is 11.3 Å². The first-order valence-corrected chi connectivity index (χ1v) is 12.7. The minimum Gasteiger partial charge on any atom is -0.382 e. The molecule has 2 aromatic rings. The molecular formula is C24H31F3N4O3S3. The number of rotatable bonds is 7. The molecule has 0 bridgehead atoms. The van der Waals surface area contributed by atoms with Gasteiger partial charge in [-0.1, -0.05) is 0 Å². The molecule has 0 aromatic heterocycles. The third-order valence-corrected chi connectivity index (χ3v) is 7.67. The highest BCUT2D eigenvalue weighted by Gasteiger charge is 2.34. The Hall–Kier alpha value is -2.56. The average Bonchev–Trinajstić information content (AvgIpc) is 2.80.